The van der Waals surface area contributed by atoms with E-state index in [-0.39, 0.29) is 0 Å². The molecule has 1 N–H and O–H groups in total. The normalized spacial score (nSPS) is 13.2. The summed E-state index contributed by atoms with van der Waals surface area (Å²) in [4.78, 5) is 4.10. The molecule has 1 rings (SSSR count). The average molecular weight is 203 g/mol. The van der Waals surface area contributed by atoms with E-state index in [0.717, 1.165) is 16.6 Å². The molecule has 0 saturated heterocycles. The highest BCUT2D eigenvalue weighted by atomic mass is 32.2. The van der Waals surface area contributed by atoms with Gasteiger partial charge in [0.2, 0.25) is 0 Å². The number of hydrogen-bond donors (Lipinski definition) is 1. The van der Waals surface area contributed by atoms with E-state index in [1.807, 2.05) is 7.05 Å². The van der Waals surface area contributed by atoms with Gasteiger partial charge in [0, 0.05) is 5.75 Å². The van der Waals surface area contributed by atoms with E-state index in [1.165, 1.54) is 11.5 Å². The van der Waals surface area contributed by atoms with Gasteiger partial charge in [-0.15, -0.1) is 0 Å². The van der Waals surface area contributed by atoms with Gasteiger partial charge in [-0.2, -0.15) is 4.37 Å². The molecule has 0 aliphatic rings. The van der Waals surface area contributed by atoms with Crippen LogP contribution in [0, 0.1) is 5.92 Å². The highest BCUT2D eigenvalue weighted by Gasteiger charge is 2.03. The molecule has 1 aromatic rings. The summed E-state index contributed by atoms with van der Waals surface area (Å²) >= 11 is 3.24. The first kappa shape index (κ1) is 9.95. The first-order valence-electron chi connectivity index (χ1n) is 3.87. The predicted molar refractivity (Wildman–Crippen MR) is 53.7 cm³/mol. The maximum absolute atomic E-state index is 4.10. The Labute approximate surface area is 81.1 Å². The van der Waals surface area contributed by atoms with Gasteiger partial charge < -0.3 is 5.32 Å². The van der Waals surface area contributed by atoms with Gasteiger partial charge in [0.05, 0.1) is 0 Å². The summed E-state index contributed by atoms with van der Waals surface area (Å²) in [5.74, 6) is 1.79. The van der Waals surface area contributed by atoms with Crippen molar-refractivity contribution in [3.8, 4) is 0 Å². The molecule has 0 aliphatic carbocycles. The molecule has 1 aromatic heterocycles. The second kappa shape index (κ2) is 5.50. The minimum atomic E-state index is 0.684. The van der Waals surface area contributed by atoms with Gasteiger partial charge in [0.15, 0.2) is 4.34 Å². The smallest absolute Gasteiger partial charge is 0.169 e. The fourth-order valence-corrected chi connectivity index (χ4v) is 2.34. The van der Waals surface area contributed by atoms with Crippen molar-refractivity contribution < 1.29 is 0 Å². The van der Waals surface area contributed by atoms with E-state index in [1.54, 1.807) is 18.1 Å². The number of nitrogens with zero attached hydrogens (tertiary/aromatic N) is 2. The zero-order valence-electron chi connectivity index (χ0n) is 7.28. The Balaban J connectivity index is 2.17. The first-order chi connectivity index (χ1) is 5.83. The number of nitrogens with one attached hydrogen (secondary N) is 1. The zero-order valence-corrected chi connectivity index (χ0v) is 8.91. The van der Waals surface area contributed by atoms with Crippen LogP contribution in [0.1, 0.15) is 6.92 Å². The van der Waals surface area contributed by atoms with Crippen LogP contribution in [-0.2, 0) is 0 Å². The Morgan fingerprint density at radius 1 is 1.75 bits per heavy atom. The molecule has 0 bridgehead atoms. The first-order valence-corrected chi connectivity index (χ1v) is 5.63. The number of aromatic nitrogens is 2. The summed E-state index contributed by atoms with van der Waals surface area (Å²) in [5.41, 5.74) is 0. The lowest BCUT2D eigenvalue weighted by atomic mass is 10.2. The molecule has 0 spiro atoms. The minimum Gasteiger partial charge on any atom is -0.319 e. The third-order valence-electron chi connectivity index (χ3n) is 1.38. The monoisotopic (exact) mass is 203 g/mol. The van der Waals surface area contributed by atoms with Gasteiger partial charge in [0.1, 0.15) is 6.33 Å². The van der Waals surface area contributed by atoms with Crippen LogP contribution in [0.2, 0.25) is 0 Å². The zero-order chi connectivity index (χ0) is 8.81. The highest BCUT2D eigenvalue weighted by Crippen LogP contribution is 2.20. The molecule has 1 unspecified atom stereocenters. The van der Waals surface area contributed by atoms with Crippen molar-refractivity contribution in [3.05, 3.63) is 6.33 Å². The fourth-order valence-electron chi connectivity index (χ4n) is 0.847. The maximum atomic E-state index is 4.10. The number of thioether (sulfide) groups is 1. The number of hydrogen-bond acceptors (Lipinski definition) is 5. The lowest BCUT2D eigenvalue weighted by molar-refractivity contribution is 0.603. The van der Waals surface area contributed by atoms with Crippen molar-refractivity contribution in [1.29, 1.82) is 0 Å². The summed E-state index contributed by atoms with van der Waals surface area (Å²) < 4.78 is 5.01. The molecule has 0 saturated carbocycles. The molecule has 12 heavy (non-hydrogen) atoms. The summed E-state index contributed by atoms with van der Waals surface area (Å²) in [6.45, 7) is 3.29. The Hall–Kier alpha value is -0.130. The summed E-state index contributed by atoms with van der Waals surface area (Å²) in [6.07, 6.45) is 1.61. The second-order valence-corrected chi connectivity index (χ2v) is 4.73. The van der Waals surface area contributed by atoms with E-state index >= 15 is 0 Å². The van der Waals surface area contributed by atoms with Crippen molar-refractivity contribution in [2.45, 2.75) is 11.3 Å². The third-order valence-corrected chi connectivity index (χ3v) is 3.51. The molecule has 1 heterocycles. The Morgan fingerprint density at radius 2 is 2.58 bits per heavy atom. The van der Waals surface area contributed by atoms with Gasteiger partial charge in [-0.3, -0.25) is 0 Å². The van der Waals surface area contributed by atoms with Gasteiger partial charge in [-0.25, -0.2) is 4.98 Å². The molecular weight excluding hydrogens is 190 g/mol. The Morgan fingerprint density at radius 3 is 3.17 bits per heavy atom. The van der Waals surface area contributed by atoms with E-state index in [9.17, 15) is 0 Å². The van der Waals surface area contributed by atoms with Crippen LogP contribution in [0.3, 0.4) is 0 Å². The Bertz CT molecular complexity index is 200. The van der Waals surface area contributed by atoms with E-state index in [2.05, 4.69) is 21.6 Å². The van der Waals surface area contributed by atoms with Gasteiger partial charge in [-0.1, -0.05) is 18.7 Å². The van der Waals surface area contributed by atoms with Gasteiger partial charge in [0.25, 0.3) is 0 Å². The van der Waals surface area contributed by atoms with Crippen LogP contribution in [0.5, 0.6) is 0 Å². The van der Waals surface area contributed by atoms with Crippen LogP contribution >= 0.6 is 23.3 Å². The van der Waals surface area contributed by atoms with Crippen molar-refractivity contribution >= 4 is 23.3 Å². The highest BCUT2D eigenvalue weighted by molar-refractivity contribution is 8.00. The van der Waals surface area contributed by atoms with Crippen molar-refractivity contribution in [2.24, 2.45) is 5.92 Å². The van der Waals surface area contributed by atoms with Crippen molar-refractivity contribution in [1.82, 2.24) is 14.7 Å². The lowest BCUT2D eigenvalue weighted by Crippen LogP contribution is -2.17. The molecule has 68 valence electrons. The Kier molecular flexibility index (Phi) is 4.57. The molecule has 0 aromatic carbocycles. The summed E-state index contributed by atoms with van der Waals surface area (Å²) in [7, 11) is 1.98. The van der Waals surface area contributed by atoms with Crippen molar-refractivity contribution in [2.75, 3.05) is 19.3 Å². The lowest BCUT2D eigenvalue weighted by Gasteiger charge is -2.07. The van der Waals surface area contributed by atoms with Crippen molar-refractivity contribution in [3.63, 3.8) is 0 Å². The average Bonchev–Trinajstić information content (AvgIpc) is 2.53. The largest absolute Gasteiger partial charge is 0.319 e. The van der Waals surface area contributed by atoms with Crippen LogP contribution in [0.15, 0.2) is 10.7 Å². The van der Waals surface area contributed by atoms with Gasteiger partial charge >= 0.3 is 0 Å². The third kappa shape index (κ3) is 3.51. The molecule has 0 aliphatic heterocycles. The second-order valence-electron chi connectivity index (χ2n) is 2.68. The topological polar surface area (TPSA) is 37.8 Å². The van der Waals surface area contributed by atoms with Crippen LogP contribution < -0.4 is 5.32 Å². The van der Waals surface area contributed by atoms with E-state index < -0.39 is 0 Å². The quantitative estimate of drug-likeness (QED) is 0.736. The van der Waals surface area contributed by atoms with Gasteiger partial charge in [-0.05, 0) is 31.0 Å². The maximum Gasteiger partial charge on any atom is 0.169 e. The molecule has 3 nitrogen and oxygen atoms in total. The van der Waals surface area contributed by atoms with Crippen LogP contribution in [0.4, 0.5) is 0 Å². The molecule has 0 radical (unpaired) electrons. The summed E-state index contributed by atoms with van der Waals surface area (Å²) in [6, 6.07) is 0. The summed E-state index contributed by atoms with van der Waals surface area (Å²) in [5, 5.41) is 3.15. The molecule has 1 atom stereocenters. The van der Waals surface area contributed by atoms with E-state index in [4.69, 9.17) is 0 Å². The van der Waals surface area contributed by atoms with Crippen LogP contribution in [-0.4, -0.2) is 28.7 Å². The molecule has 5 heteroatoms. The number of rotatable bonds is 5. The van der Waals surface area contributed by atoms with Crippen LogP contribution in [0.25, 0.3) is 0 Å². The minimum absolute atomic E-state index is 0.684. The predicted octanol–water partition coefficient (Wildman–Crippen LogP) is 1.49. The standard InChI is InChI=1S/C7H13N3S2/c1-6(3-8-2)4-11-7-9-5-10-12-7/h5-6,8H,3-4H2,1-2H3. The molecular formula is C7H13N3S2. The SMILES string of the molecule is CNCC(C)CSc1ncns1. The van der Waals surface area contributed by atoms with E-state index in [0.29, 0.717) is 5.92 Å². The molecule has 0 amide bonds. The fraction of sp³-hybridized carbons (Fsp3) is 0.714. The molecule has 0 fully saturated rings.